The zero-order valence-corrected chi connectivity index (χ0v) is 79.9. The van der Waals surface area contributed by atoms with Crippen molar-refractivity contribution in [3.8, 4) is 0 Å². The molecule has 0 heteroatoms. The molecular weight excluding hydrogens is 1800 g/mol. The van der Waals surface area contributed by atoms with Crippen LogP contribution in [0.25, 0.3) is 560 Å². The molecule has 0 spiro atoms. The average molecular weight is 1850 g/mol. The third kappa shape index (κ3) is 3.61. The van der Waals surface area contributed by atoms with Gasteiger partial charge in [0.1, 0.15) is 0 Å². The van der Waals surface area contributed by atoms with Crippen LogP contribution >= 0.6 is 0 Å². The van der Waals surface area contributed by atoms with Crippen molar-refractivity contribution < 1.29 is 0 Å². The maximum atomic E-state index is 2.92. The van der Waals surface area contributed by atoms with E-state index in [0.29, 0.717) is 0 Å². The zero-order chi connectivity index (χ0) is 90.3. The van der Waals surface area contributed by atoms with E-state index < -0.39 is 21.7 Å². The van der Waals surface area contributed by atoms with E-state index in [1.165, 1.54) is 89.9 Å². The first kappa shape index (κ1) is 60.6. The summed E-state index contributed by atoms with van der Waals surface area (Å²) < 4.78 is 0. The molecule has 0 amide bonds. The maximum Gasteiger partial charge on any atom is 0.0733 e. The van der Waals surface area contributed by atoms with Crippen LogP contribution in [-0.2, 0) is 34.5 Å². The maximum absolute atomic E-state index is 2.92. The van der Waals surface area contributed by atoms with Crippen molar-refractivity contribution in [1.29, 1.82) is 0 Å². The van der Waals surface area contributed by atoms with E-state index in [-0.39, 0.29) is 0 Å². The van der Waals surface area contributed by atoms with Gasteiger partial charge < -0.3 is 0 Å². The highest BCUT2D eigenvalue weighted by molar-refractivity contribution is 6.87. The fourth-order valence-electron chi connectivity index (χ4n) is 52.9. The van der Waals surface area contributed by atoms with Crippen LogP contribution in [0.5, 0.6) is 0 Å². The molecule has 10 aliphatic carbocycles. The molecule has 0 saturated heterocycles. The molecule has 0 fully saturated rings. The van der Waals surface area contributed by atoms with E-state index in [4.69, 9.17) is 0 Å². The van der Waals surface area contributed by atoms with Crippen LogP contribution in [0.3, 0.4) is 0 Å². The van der Waals surface area contributed by atoms with Crippen LogP contribution < -0.4 is 0 Å². The molecule has 150 heavy (non-hydrogen) atoms. The Morgan fingerprint density at radius 3 is 0.400 bits per heavy atom. The molecule has 10 aliphatic rings. The predicted octanol–water partition coefficient (Wildman–Crippen LogP) is 41.6. The predicted molar refractivity (Wildman–Crippen MR) is 639 cm³/mol. The molecule has 4 unspecified atom stereocenters. The average Bonchev–Trinajstić information content (AvgIpc) is 1.37. The lowest BCUT2D eigenvalue weighted by atomic mass is 9.38. The lowest BCUT2D eigenvalue weighted by Crippen LogP contribution is -2.59. The van der Waals surface area contributed by atoms with Gasteiger partial charge in [-0.3, -0.25) is 0 Å². The second kappa shape index (κ2) is 14.9. The minimum absolute atomic E-state index is 0.710. The second-order valence-corrected chi connectivity index (χ2v) is 55.6. The van der Waals surface area contributed by atoms with Gasteiger partial charge in [-0.1, -0.05) is 139 Å². The van der Waals surface area contributed by atoms with Crippen molar-refractivity contribution in [1.82, 2.24) is 0 Å². The smallest absolute Gasteiger partial charge is 0.0654 e. The van der Waals surface area contributed by atoms with Gasteiger partial charge in [0.2, 0.25) is 0 Å². The molecule has 0 bridgehead atoms. The van der Waals surface area contributed by atoms with Crippen molar-refractivity contribution in [3.63, 3.8) is 0 Å². The Kier molecular flexibility index (Phi) is 6.02. The van der Waals surface area contributed by atoms with E-state index in [0.717, 1.165) is 12.8 Å². The Labute approximate surface area is 829 Å². The van der Waals surface area contributed by atoms with Crippen molar-refractivity contribution in [2.24, 2.45) is 0 Å². The van der Waals surface area contributed by atoms with Crippen molar-refractivity contribution in [2.45, 2.75) is 138 Å². The molecule has 0 aromatic heterocycles. The van der Waals surface area contributed by atoms with E-state index in [9.17, 15) is 0 Å². The van der Waals surface area contributed by atoms with Gasteiger partial charge in [-0.2, -0.15) is 0 Å². The van der Waals surface area contributed by atoms with E-state index >= 15 is 0 Å². The van der Waals surface area contributed by atoms with E-state index in [2.05, 4.69) is 62.4 Å². The lowest BCUT2D eigenvalue weighted by molar-refractivity contribution is 0.412. The Morgan fingerprint density at radius 1 is 0.107 bits per heavy atom. The number of hydrogen-bond donors (Lipinski definition) is 0. The molecule has 56 aromatic rings. The Hall–Kier alpha value is -16.6. The van der Waals surface area contributed by atoms with Gasteiger partial charge in [-0.25, -0.2) is 0 Å². The number of unbranched alkanes of at least 4 members (excludes halogenated alkanes) is 12. The molecule has 0 aliphatic heterocycles. The molecule has 0 N–H and O–H groups in total. The van der Waals surface area contributed by atoms with Gasteiger partial charge >= 0.3 is 0 Å². The molecule has 4 atom stereocenters. The zero-order valence-electron chi connectivity index (χ0n) is 79.9. The summed E-state index contributed by atoms with van der Waals surface area (Å²) in [6.45, 7) is 4.77. The van der Waals surface area contributed by atoms with Crippen molar-refractivity contribution >= 4 is 560 Å². The first-order chi connectivity index (χ1) is 74.8. The third-order valence-electron chi connectivity index (χ3n) is 54.0. The summed E-state index contributed by atoms with van der Waals surface area (Å²) in [5, 5.41) is 176. The molecular formula is C150H46. The minimum Gasteiger partial charge on any atom is -0.0654 e. The lowest BCUT2D eigenvalue weighted by Gasteiger charge is -2.61. The quantitative estimate of drug-likeness (QED) is 0.0559. The summed E-state index contributed by atoms with van der Waals surface area (Å²) in [4.78, 5) is 0. The molecule has 56 aromatic carbocycles. The molecule has 0 saturated carbocycles. The Balaban J connectivity index is 0.683. The first-order valence-electron chi connectivity index (χ1n) is 58.5. The van der Waals surface area contributed by atoms with Crippen molar-refractivity contribution in [2.75, 3.05) is 0 Å². The van der Waals surface area contributed by atoms with Crippen molar-refractivity contribution in [3.05, 3.63) is 138 Å². The topological polar surface area (TPSA) is 0 Å². The Bertz CT molecular complexity index is 16000. The first-order valence-corrected chi connectivity index (χ1v) is 58.5. The van der Waals surface area contributed by atoms with Gasteiger partial charge in [0.05, 0.1) is 21.7 Å². The normalized spacial score (nSPS) is 21.3. The van der Waals surface area contributed by atoms with Gasteiger partial charge in [0.15, 0.2) is 0 Å². The third-order valence-corrected chi connectivity index (χ3v) is 54.0. The minimum atomic E-state index is -0.894. The molecule has 0 nitrogen and oxygen atoms in total. The summed E-state index contributed by atoms with van der Waals surface area (Å²) in [6, 6.07) is 22.9. The summed E-state index contributed by atoms with van der Waals surface area (Å²) in [6.07, 6.45) is 20.8. The van der Waals surface area contributed by atoms with E-state index in [1.807, 2.05) is 33.4 Å². The largest absolute Gasteiger partial charge is 0.0733 e. The number of benzene rings is 36. The summed E-state index contributed by atoms with van der Waals surface area (Å²) >= 11 is 0. The Morgan fingerprint density at radius 2 is 0.220 bits per heavy atom. The van der Waals surface area contributed by atoms with Gasteiger partial charge in [-0.05, 0) is 675 Å². The molecule has 0 heterocycles. The van der Waals surface area contributed by atoms with Crippen LogP contribution in [-0.4, -0.2) is 0 Å². The number of rotatable bonds is 19. The van der Waals surface area contributed by atoms with Crippen LogP contribution in [0.15, 0.2) is 48.5 Å². The number of aryl methyl sites for hydroxylation is 2. The summed E-state index contributed by atoms with van der Waals surface area (Å²) in [5.41, 5.74) is 24.6. The molecule has 646 valence electrons. The fourth-order valence-corrected chi connectivity index (χ4v) is 52.9. The molecule has 0 radical (unpaired) electrons. The summed E-state index contributed by atoms with van der Waals surface area (Å²) in [5.74, 6) is 0. The van der Waals surface area contributed by atoms with Crippen LogP contribution in [0.4, 0.5) is 0 Å². The highest BCUT2D eigenvalue weighted by Crippen LogP contribution is 2.94. The monoisotopic (exact) mass is 1850 g/mol. The van der Waals surface area contributed by atoms with Gasteiger partial charge in [0.25, 0.3) is 0 Å². The SMILES string of the molecule is CCCCCCCCCc1ccc(C23c4c5c6c7c8c9c%10c%11c(c2c2c%12c3c3c%13c4c6c4c6c%13c%13c3c3c%12c%12c%14c2c%11c2c%11c%10c%10c8c8c7c4c4c6c6c%13c7c3c%12c3c(c%142)c2c%11c%10c%10c8c4c4c%10c2c3c7c64)C59C23c4c5c6c7c8c9c%10c%11c(c2c2c%12c3c3c%13c4c6c4c6c7c7c8c8c%10c%10c%14c%11c2c2c%11c%12c%12c3c3c%13c4c4c6c6c7c7c8c%10c8c(c%142)c2c%11c%12c%10c3c4c3c%10c2c8c7c63)C59c2ccc(CCCCCCCCC)cc2)cc1. The van der Waals surface area contributed by atoms with Gasteiger partial charge in [-0.15, -0.1) is 0 Å². The highest BCUT2D eigenvalue weighted by Gasteiger charge is 2.80. The number of hydrogen-bond acceptors (Lipinski definition) is 0. The highest BCUT2D eigenvalue weighted by atomic mass is 14.8. The standard InChI is InChI=1S/C150H46/c1-3-5-7-9-11-13-15-17-27-19-23-29(24-20-27)147-135-119-101-87-61-47-35-37-41-33-31-39(35)57(61)69-65-43(31)51-45(33)67-71-59(41)63-49(37)55-53(47)75-91-77(55)95-89(63)103-99(71)107-81(67)85-73(51)83-79(65)105(97(69)101)127(135)131-109(83)111(85)133-129(107)137-121(103)115(95)125-117(91)123(113(119)93(75)87)139(147)143(125)149(137,145(133)141(131)147)150-138-122-104-90-64-50-38-36-40-32-34-42(38)60(64)72-68-46(34)52-44(32)66-70-58(40)62-48(36)54-56(50)78-92-76(54)94-88(62)102-98(70)106-80(66)84-74(52)86-82(68)108(100(72)104)130(138)134-112(86)110(84)132-128(106)136-120(102)114(94)124-118(92)126(116(122)96(78)90)144(150)140(124)148(136,142(132)146(134)150)30-25-21-28(22-26-30)18-16-14-12-10-8-6-4-2/h19-26H,3-18H2,1-2H3. The van der Waals surface area contributed by atoms with Gasteiger partial charge in [0, 0.05) is 0 Å². The van der Waals surface area contributed by atoms with Crippen LogP contribution in [0.2, 0.25) is 0 Å². The fraction of sp³-hybridized carbons (Fsp3) is 0.147. The second-order valence-electron chi connectivity index (χ2n) is 55.6. The molecule has 66 rings (SSSR count). The van der Waals surface area contributed by atoms with Crippen LogP contribution in [0, 0.1) is 0 Å². The van der Waals surface area contributed by atoms with Crippen LogP contribution in [0.1, 0.15) is 193 Å². The summed E-state index contributed by atoms with van der Waals surface area (Å²) in [7, 11) is 0. The van der Waals surface area contributed by atoms with E-state index in [1.54, 1.807) is 616 Å².